The molecule has 0 saturated heterocycles. The molecule has 0 spiro atoms. The smallest absolute Gasteiger partial charge is 0.230 e. The second kappa shape index (κ2) is 6.58. The first-order chi connectivity index (χ1) is 9.26. The van der Waals surface area contributed by atoms with Gasteiger partial charge in [-0.25, -0.2) is 4.98 Å². The lowest BCUT2D eigenvalue weighted by Crippen LogP contribution is -2.20. The number of hydrogen-bond donors (Lipinski definition) is 1. The molecule has 0 bridgehead atoms. The van der Waals surface area contributed by atoms with Crippen LogP contribution in [0.4, 0.5) is 0 Å². The van der Waals surface area contributed by atoms with Gasteiger partial charge >= 0.3 is 0 Å². The van der Waals surface area contributed by atoms with Crippen molar-refractivity contribution in [2.75, 3.05) is 26.5 Å². The number of para-hydroxylation sites is 2. The van der Waals surface area contributed by atoms with Crippen molar-refractivity contribution in [3.63, 3.8) is 0 Å². The van der Waals surface area contributed by atoms with Crippen LogP contribution in [-0.4, -0.2) is 42.0 Å². The molecular weight excluding hydrogens is 262 g/mol. The molecule has 2 aromatic rings. The van der Waals surface area contributed by atoms with Gasteiger partial charge in [0.25, 0.3) is 0 Å². The summed E-state index contributed by atoms with van der Waals surface area (Å²) in [6, 6.07) is 7.95. The van der Waals surface area contributed by atoms with Crippen molar-refractivity contribution in [1.82, 2.24) is 14.9 Å². The number of thioether (sulfide) groups is 1. The molecule has 2 rings (SSSR count). The zero-order valence-corrected chi connectivity index (χ0v) is 11.9. The number of hydrogen-bond acceptors (Lipinski definition) is 4. The molecule has 19 heavy (non-hydrogen) atoms. The van der Waals surface area contributed by atoms with Crippen molar-refractivity contribution in [2.24, 2.45) is 0 Å². The number of rotatable bonds is 6. The van der Waals surface area contributed by atoms with E-state index in [1.165, 1.54) is 11.8 Å². The zero-order valence-electron chi connectivity index (χ0n) is 11.0. The molecule has 1 aromatic heterocycles. The molecule has 5 nitrogen and oxygen atoms in total. The largest absolute Gasteiger partial charge is 0.383 e. The van der Waals surface area contributed by atoms with Crippen molar-refractivity contribution < 1.29 is 9.53 Å². The Labute approximate surface area is 116 Å². The summed E-state index contributed by atoms with van der Waals surface area (Å²) >= 11 is 1.44. The van der Waals surface area contributed by atoms with E-state index in [2.05, 4.69) is 14.9 Å². The number of ether oxygens (including phenoxy) is 1. The highest BCUT2D eigenvalue weighted by Gasteiger charge is 2.11. The Morgan fingerprint density at radius 2 is 2.26 bits per heavy atom. The molecule has 0 unspecified atom stereocenters. The Bertz CT molecular complexity index is 568. The van der Waals surface area contributed by atoms with Gasteiger partial charge < -0.3 is 14.6 Å². The molecule has 1 aromatic carbocycles. The fourth-order valence-electron chi connectivity index (χ4n) is 1.76. The average molecular weight is 279 g/mol. The first-order valence-corrected chi connectivity index (χ1v) is 7.02. The monoisotopic (exact) mass is 279 g/mol. The molecule has 1 amide bonds. The molecule has 6 heteroatoms. The second-order valence-corrected chi connectivity index (χ2v) is 4.93. The van der Waals surface area contributed by atoms with Crippen LogP contribution in [0.25, 0.3) is 11.0 Å². The van der Waals surface area contributed by atoms with Crippen molar-refractivity contribution in [2.45, 2.75) is 11.7 Å². The molecule has 0 aliphatic rings. The minimum absolute atomic E-state index is 0.00431. The number of benzene rings is 1. The summed E-state index contributed by atoms with van der Waals surface area (Å²) in [4.78, 5) is 15.9. The first-order valence-electron chi connectivity index (χ1n) is 6.04. The molecule has 0 aliphatic heterocycles. The fourth-order valence-corrected chi connectivity index (χ4v) is 2.68. The number of carbonyl (C=O) groups is 1. The summed E-state index contributed by atoms with van der Waals surface area (Å²) < 4.78 is 7.22. The summed E-state index contributed by atoms with van der Waals surface area (Å²) in [6.07, 6.45) is 0. The molecule has 0 aliphatic carbocycles. The zero-order chi connectivity index (χ0) is 13.7. The lowest BCUT2D eigenvalue weighted by molar-refractivity contribution is -0.118. The number of imidazole rings is 1. The Morgan fingerprint density at radius 1 is 1.47 bits per heavy atom. The highest BCUT2D eigenvalue weighted by atomic mass is 32.2. The molecular formula is C13H17N3O2S. The van der Waals surface area contributed by atoms with E-state index in [0.29, 0.717) is 12.4 Å². The molecule has 102 valence electrons. The molecule has 0 fully saturated rings. The van der Waals surface area contributed by atoms with Crippen molar-refractivity contribution in [3.8, 4) is 0 Å². The normalized spacial score (nSPS) is 10.8. The van der Waals surface area contributed by atoms with Gasteiger partial charge in [0.2, 0.25) is 5.91 Å². The van der Waals surface area contributed by atoms with E-state index in [1.807, 2.05) is 24.3 Å². The van der Waals surface area contributed by atoms with E-state index < -0.39 is 0 Å². The van der Waals surface area contributed by atoms with Gasteiger partial charge in [-0.2, -0.15) is 0 Å². The second-order valence-electron chi connectivity index (χ2n) is 3.99. The topological polar surface area (TPSA) is 56.2 Å². The van der Waals surface area contributed by atoms with Crippen LogP contribution in [0.1, 0.15) is 0 Å². The number of amides is 1. The van der Waals surface area contributed by atoms with Gasteiger partial charge in [0.05, 0.1) is 23.4 Å². The number of nitrogens with one attached hydrogen (secondary N) is 1. The first kappa shape index (κ1) is 13.9. The van der Waals surface area contributed by atoms with Crippen LogP contribution < -0.4 is 5.32 Å². The van der Waals surface area contributed by atoms with Crippen LogP contribution in [-0.2, 0) is 16.1 Å². The number of fused-ring (bicyclic) bond motifs is 1. The predicted octanol–water partition coefficient (Wildman–Crippen LogP) is 1.52. The molecule has 0 radical (unpaired) electrons. The van der Waals surface area contributed by atoms with Gasteiger partial charge in [0, 0.05) is 20.7 Å². The van der Waals surface area contributed by atoms with E-state index in [1.54, 1.807) is 14.2 Å². The van der Waals surface area contributed by atoms with Gasteiger partial charge in [-0.05, 0) is 12.1 Å². The third kappa shape index (κ3) is 3.27. The third-order valence-electron chi connectivity index (χ3n) is 2.75. The van der Waals surface area contributed by atoms with E-state index >= 15 is 0 Å². The fraction of sp³-hybridized carbons (Fsp3) is 0.385. The van der Waals surface area contributed by atoms with E-state index in [-0.39, 0.29) is 5.91 Å². The van der Waals surface area contributed by atoms with Crippen LogP contribution in [0.5, 0.6) is 0 Å². The van der Waals surface area contributed by atoms with E-state index in [0.717, 1.165) is 22.7 Å². The van der Waals surface area contributed by atoms with Gasteiger partial charge in [0.15, 0.2) is 5.16 Å². The maximum Gasteiger partial charge on any atom is 0.230 e. The summed E-state index contributed by atoms with van der Waals surface area (Å²) in [5.74, 6) is 0.364. The van der Waals surface area contributed by atoms with Crippen molar-refractivity contribution >= 4 is 28.7 Å². The van der Waals surface area contributed by atoms with Crippen molar-refractivity contribution in [3.05, 3.63) is 24.3 Å². The van der Waals surface area contributed by atoms with Gasteiger partial charge in [-0.3, -0.25) is 4.79 Å². The van der Waals surface area contributed by atoms with E-state index in [9.17, 15) is 4.79 Å². The highest BCUT2D eigenvalue weighted by molar-refractivity contribution is 7.99. The molecule has 1 heterocycles. The number of carbonyl (C=O) groups excluding carboxylic acids is 1. The van der Waals surface area contributed by atoms with Gasteiger partial charge in [-0.15, -0.1) is 0 Å². The van der Waals surface area contributed by atoms with Gasteiger partial charge in [-0.1, -0.05) is 23.9 Å². The lowest BCUT2D eigenvalue weighted by Gasteiger charge is -2.07. The number of nitrogens with zero attached hydrogens (tertiary/aromatic N) is 2. The third-order valence-corrected chi connectivity index (χ3v) is 3.73. The molecule has 0 atom stereocenters. The lowest BCUT2D eigenvalue weighted by atomic mass is 10.3. The maximum atomic E-state index is 11.3. The van der Waals surface area contributed by atoms with Crippen LogP contribution in [0.2, 0.25) is 0 Å². The average Bonchev–Trinajstić information content (AvgIpc) is 2.80. The van der Waals surface area contributed by atoms with Crippen LogP contribution in [0, 0.1) is 0 Å². The van der Waals surface area contributed by atoms with Crippen LogP contribution >= 0.6 is 11.8 Å². The summed E-state index contributed by atoms with van der Waals surface area (Å²) in [5.41, 5.74) is 2.01. The van der Waals surface area contributed by atoms with Crippen molar-refractivity contribution in [1.29, 1.82) is 0 Å². The Morgan fingerprint density at radius 3 is 3.00 bits per heavy atom. The summed E-state index contributed by atoms with van der Waals surface area (Å²) in [7, 11) is 3.31. The standard InChI is InChI=1S/C13H17N3O2S/c1-14-12(17)9-19-13-15-10-5-3-4-6-11(10)16(13)7-8-18-2/h3-6H,7-9H2,1-2H3,(H,14,17). The minimum Gasteiger partial charge on any atom is -0.383 e. The Hall–Kier alpha value is -1.53. The van der Waals surface area contributed by atoms with E-state index in [4.69, 9.17) is 4.74 Å². The predicted molar refractivity (Wildman–Crippen MR) is 76.4 cm³/mol. The number of aromatic nitrogens is 2. The molecule has 0 saturated carbocycles. The summed E-state index contributed by atoms with van der Waals surface area (Å²) in [6.45, 7) is 1.35. The Balaban J connectivity index is 2.27. The molecule has 1 N–H and O–H groups in total. The number of methoxy groups -OCH3 is 1. The van der Waals surface area contributed by atoms with Gasteiger partial charge in [0.1, 0.15) is 0 Å². The minimum atomic E-state index is -0.00431. The quantitative estimate of drug-likeness (QED) is 0.815. The SMILES string of the molecule is CNC(=O)CSc1nc2ccccc2n1CCOC. The summed E-state index contributed by atoms with van der Waals surface area (Å²) in [5, 5.41) is 3.46. The van der Waals surface area contributed by atoms with Crippen LogP contribution in [0.3, 0.4) is 0 Å². The maximum absolute atomic E-state index is 11.3. The highest BCUT2D eigenvalue weighted by Crippen LogP contribution is 2.23. The Kier molecular flexibility index (Phi) is 4.81. The van der Waals surface area contributed by atoms with Crippen LogP contribution in [0.15, 0.2) is 29.4 Å².